The van der Waals surface area contributed by atoms with Crippen LogP contribution in [-0.4, -0.2) is 34.7 Å². The second-order valence-corrected chi connectivity index (χ2v) is 10.7. The van der Waals surface area contributed by atoms with Crippen LogP contribution < -0.4 is 5.32 Å². The number of aryl methyl sites for hydroxylation is 1. The number of hydrogen-bond donors (Lipinski definition) is 1. The maximum Gasteiger partial charge on any atom is 0.243 e. The molecule has 37 heavy (non-hydrogen) atoms. The summed E-state index contributed by atoms with van der Waals surface area (Å²) in [5, 5.41) is 3.11. The van der Waals surface area contributed by atoms with Gasteiger partial charge in [0.15, 0.2) is 0 Å². The van der Waals surface area contributed by atoms with Crippen molar-refractivity contribution in [2.24, 2.45) is 0 Å². The minimum Gasteiger partial charge on any atom is -0.354 e. The highest BCUT2D eigenvalue weighted by atomic mass is 32.2. The maximum absolute atomic E-state index is 13.3. The first-order chi connectivity index (χ1) is 18.1. The largest absolute Gasteiger partial charge is 0.354 e. The number of halogens is 1. The predicted octanol–water partition coefficient (Wildman–Crippen LogP) is 6.15. The summed E-state index contributed by atoms with van der Waals surface area (Å²) in [6.07, 6.45) is 5.94. The van der Waals surface area contributed by atoms with Gasteiger partial charge in [-0.3, -0.25) is 9.59 Å². The molecule has 0 radical (unpaired) electrons. The van der Waals surface area contributed by atoms with Crippen LogP contribution in [0.2, 0.25) is 0 Å². The van der Waals surface area contributed by atoms with E-state index in [2.05, 4.69) is 17.4 Å². The molecule has 4 rings (SSSR count). The molecule has 1 fully saturated rings. The molecule has 1 saturated heterocycles. The molecule has 2 amide bonds. The standard InChI is InChI=1S/C31H35FN2O2S/c32-27-18-16-24(17-19-27)11-5-1-2-10-20-33-31(36)28(21-25-12-6-3-7-13-25)34-29(35)22-30(34)37-23-26-14-8-4-9-15-26/h3-4,6-9,12-19,28,30H,1-2,5,10-11,20-23H2,(H,33,36). The predicted molar refractivity (Wildman–Crippen MR) is 149 cm³/mol. The molecule has 194 valence electrons. The normalized spacial score (nSPS) is 15.8. The van der Waals surface area contributed by atoms with Crippen molar-refractivity contribution in [2.75, 3.05) is 6.54 Å². The first-order valence-corrected chi connectivity index (χ1v) is 14.2. The number of unbranched alkanes of at least 4 members (excludes halogenated alkanes) is 3. The lowest BCUT2D eigenvalue weighted by Crippen LogP contribution is -2.61. The molecule has 1 heterocycles. The summed E-state index contributed by atoms with van der Waals surface area (Å²) in [5.74, 6) is 0.578. The van der Waals surface area contributed by atoms with Crippen LogP contribution in [-0.2, 0) is 28.2 Å². The van der Waals surface area contributed by atoms with Gasteiger partial charge in [-0.25, -0.2) is 4.39 Å². The number of carbonyl (C=O) groups is 2. The fourth-order valence-corrected chi connectivity index (χ4v) is 5.89. The zero-order chi connectivity index (χ0) is 25.9. The molecule has 6 heteroatoms. The smallest absolute Gasteiger partial charge is 0.243 e. The van der Waals surface area contributed by atoms with Gasteiger partial charge in [-0.05, 0) is 48.1 Å². The van der Waals surface area contributed by atoms with Gasteiger partial charge in [0.05, 0.1) is 11.8 Å². The minimum atomic E-state index is -0.504. The average molecular weight is 519 g/mol. The van der Waals surface area contributed by atoms with E-state index in [0.717, 1.165) is 49.0 Å². The monoisotopic (exact) mass is 518 g/mol. The van der Waals surface area contributed by atoms with Crippen LogP contribution >= 0.6 is 11.8 Å². The lowest BCUT2D eigenvalue weighted by atomic mass is 10.00. The summed E-state index contributed by atoms with van der Waals surface area (Å²) in [7, 11) is 0. The number of amides is 2. The Morgan fingerprint density at radius 3 is 2.19 bits per heavy atom. The Hall–Kier alpha value is -3.12. The number of carbonyl (C=O) groups excluding carboxylic acids is 2. The van der Waals surface area contributed by atoms with Crippen molar-refractivity contribution in [3.8, 4) is 0 Å². The third-order valence-corrected chi connectivity index (χ3v) is 8.03. The molecule has 0 aromatic heterocycles. The van der Waals surface area contributed by atoms with E-state index in [0.29, 0.717) is 19.4 Å². The van der Waals surface area contributed by atoms with Gasteiger partial charge in [0.2, 0.25) is 11.8 Å². The van der Waals surface area contributed by atoms with Gasteiger partial charge < -0.3 is 10.2 Å². The first-order valence-electron chi connectivity index (χ1n) is 13.1. The SMILES string of the molecule is O=C(NCCCCCCc1ccc(F)cc1)C(Cc1ccccc1)N1C(=O)CC1SCc1ccccc1. The molecule has 0 bridgehead atoms. The third-order valence-electron chi connectivity index (χ3n) is 6.75. The molecule has 2 unspecified atom stereocenters. The van der Waals surface area contributed by atoms with Crippen molar-refractivity contribution < 1.29 is 14.0 Å². The number of benzene rings is 3. The van der Waals surface area contributed by atoms with E-state index in [4.69, 9.17) is 0 Å². The van der Waals surface area contributed by atoms with Crippen LogP contribution in [0.3, 0.4) is 0 Å². The second-order valence-electron chi connectivity index (χ2n) is 9.54. The Kier molecular flexibility index (Phi) is 10.2. The third kappa shape index (κ3) is 8.19. The Morgan fingerprint density at radius 2 is 1.51 bits per heavy atom. The van der Waals surface area contributed by atoms with Crippen LogP contribution in [0.5, 0.6) is 0 Å². The van der Waals surface area contributed by atoms with Crippen molar-refractivity contribution >= 4 is 23.6 Å². The quantitative estimate of drug-likeness (QED) is 0.206. The second kappa shape index (κ2) is 14.0. The Bertz CT molecular complexity index is 1120. The minimum absolute atomic E-state index is 0.0126. The zero-order valence-corrected chi connectivity index (χ0v) is 22.0. The summed E-state index contributed by atoms with van der Waals surface area (Å²) in [4.78, 5) is 27.8. The molecular weight excluding hydrogens is 483 g/mol. The first kappa shape index (κ1) is 26.9. The number of nitrogens with one attached hydrogen (secondary N) is 1. The summed E-state index contributed by atoms with van der Waals surface area (Å²) in [5.41, 5.74) is 3.42. The number of thioether (sulfide) groups is 1. The zero-order valence-electron chi connectivity index (χ0n) is 21.2. The molecule has 1 aliphatic rings. The van der Waals surface area contributed by atoms with E-state index in [1.807, 2.05) is 60.7 Å². The number of hydrogen-bond acceptors (Lipinski definition) is 3. The van der Waals surface area contributed by atoms with Crippen LogP contribution in [0.1, 0.15) is 48.8 Å². The van der Waals surface area contributed by atoms with Crippen LogP contribution in [0.15, 0.2) is 84.9 Å². The Labute approximate surface area is 223 Å². The Morgan fingerprint density at radius 1 is 0.865 bits per heavy atom. The van der Waals surface area contributed by atoms with Gasteiger partial charge in [-0.2, -0.15) is 0 Å². The number of likely N-dealkylation sites (tertiary alicyclic amines) is 1. The summed E-state index contributed by atoms with van der Waals surface area (Å²) < 4.78 is 13.0. The van der Waals surface area contributed by atoms with Gasteiger partial charge >= 0.3 is 0 Å². The topological polar surface area (TPSA) is 49.4 Å². The van der Waals surface area contributed by atoms with Crippen molar-refractivity contribution in [1.82, 2.24) is 10.2 Å². The highest BCUT2D eigenvalue weighted by Gasteiger charge is 2.43. The van der Waals surface area contributed by atoms with E-state index in [-0.39, 0.29) is 23.0 Å². The molecule has 0 spiro atoms. The summed E-state index contributed by atoms with van der Waals surface area (Å²) >= 11 is 1.73. The van der Waals surface area contributed by atoms with Crippen molar-refractivity contribution in [3.05, 3.63) is 107 Å². The fourth-order valence-electron chi connectivity index (χ4n) is 4.62. The van der Waals surface area contributed by atoms with Gasteiger partial charge in [0.1, 0.15) is 11.9 Å². The van der Waals surface area contributed by atoms with Crippen molar-refractivity contribution in [3.63, 3.8) is 0 Å². The fraction of sp³-hybridized carbons (Fsp3) is 0.355. The number of rotatable bonds is 14. The molecule has 4 nitrogen and oxygen atoms in total. The van der Waals surface area contributed by atoms with E-state index >= 15 is 0 Å². The lowest BCUT2D eigenvalue weighted by molar-refractivity contribution is -0.150. The van der Waals surface area contributed by atoms with E-state index < -0.39 is 6.04 Å². The Balaban J connectivity index is 1.26. The van der Waals surface area contributed by atoms with E-state index in [1.54, 1.807) is 16.7 Å². The van der Waals surface area contributed by atoms with Gasteiger partial charge in [-0.15, -0.1) is 11.8 Å². The number of β-lactam (4-membered cyclic amide) rings is 1. The van der Waals surface area contributed by atoms with E-state index in [9.17, 15) is 14.0 Å². The molecule has 3 aromatic carbocycles. The van der Waals surface area contributed by atoms with Crippen LogP contribution in [0, 0.1) is 5.82 Å². The average Bonchev–Trinajstić information content (AvgIpc) is 2.92. The number of nitrogens with zero attached hydrogens (tertiary/aromatic N) is 1. The highest BCUT2D eigenvalue weighted by molar-refractivity contribution is 7.99. The lowest BCUT2D eigenvalue weighted by Gasteiger charge is -2.44. The molecular formula is C31H35FN2O2S. The molecule has 0 aliphatic carbocycles. The molecule has 3 aromatic rings. The molecule has 1 aliphatic heterocycles. The van der Waals surface area contributed by atoms with Crippen molar-refractivity contribution in [2.45, 2.75) is 62.1 Å². The van der Waals surface area contributed by atoms with Crippen LogP contribution in [0.25, 0.3) is 0 Å². The van der Waals surface area contributed by atoms with Gasteiger partial charge in [0, 0.05) is 18.7 Å². The molecule has 1 N–H and O–H groups in total. The summed E-state index contributed by atoms with van der Waals surface area (Å²) in [6, 6.07) is 26.3. The van der Waals surface area contributed by atoms with Gasteiger partial charge in [0.25, 0.3) is 0 Å². The molecule has 0 saturated carbocycles. The highest BCUT2D eigenvalue weighted by Crippen LogP contribution is 2.34. The van der Waals surface area contributed by atoms with E-state index in [1.165, 1.54) is 17.7 Å². The molecule has 2 atom stereocenters. The summed E-state index contributed by atoms with van der Waals surface area (Å²) in [6.45, 7) is 0.602. The van der Waals surface area contributed by atoms with Gasteiger partial charge in [-0.1, -0.05) is 85.6 Å². The van der Waals surface area contributed by atoms with Crippen molar-refractivity contribution in [1.29, 1.82) is 0 Å². The maximum atomic E-state index is 13.3. The van der Waals surface area contributed by atoms with Crippen LogP contribution in [0.4, 0.5) is 4.39 Å².